The lowest BCUT2D eigenvalue weighted by Gasteiger charge is -2.00. The fourth-order valence-electron chi connectivity index (χ4n) is 1.17. The van der Waals surface area contributed by atoms with Gasteiger partial charge in [-0.25, -0.2) is 4.79 Å². The fraction of sp³-hybridized carbons (Fsp3) is 0.444. The molecule has 66 valence electrons. The van der Waals surface area contributed by atoms with Gasteiger partial charge in [-0.3, -0.25) is 0 Å². The maximum atomic E-state index is 10.6. The highest BCUT2D eigenvalue weighted by Gasteiger charge is 2.12. The van der Waals surface area contributed by atoms with Gasteiger partial charge in [0, 0.05) is 4.88 Å². The van der Waals surface area contributed by atoms with E-state index in [1.54, 1.807) is 6.07 Å². The van der Waals surface area contributed by atoms with Gasteiger partial charge in [-0.2, -0.15) is 0 Å². The number of thiophene rings is 1. The summed E-state index contributed by atoms with van der Waals surface area (Å²) in [4.78, 5) is 12.2. The Morgan fingerprint density at radius 3 is 2.42 bits per heavy atom. The highest BCUT2D eigenvalue weighted by molar-refractivity contribution is 7.14. The molecule has 0 radical (unpaired) electrons. The van der Waals surface area contributed by atoms with Crippen LogP contribution in [0.25, 0.3) is 0 Å². The van der Waals surface area contributed by atoms with Gasteiger partial charge >= 0.3 is 5.97 Å². The number of aryl methyl sites for hydroxylation is 1. The molecule has 0 atom stereocenters. The Morgan fingerprint density at radius 1 is 1.58 bits per heavy atom. The number of aromatic carboxylic acids is 1. The molecule has 0 aliphatic heterocycles. The first-order valence-electron chi connectivity index (χ1n) is 3.86. The topological polar surface area (TPSA) is 37.3 Å². The van der Waals surface area contributed by atoms with Crippen molar-refractivity contribution < 1.29 is 9.90 Å². The van der Waals surface area contributed by atoms with E-state index in [-0.39, 0.29) is 0 Å². The lowest BCUT2D eigenvalue weighted by molar-refractivity contribution is 0.0702. The van der Waals surface area contributed by atoms with Crippen LogP contribution in [-0.4, -0.2) is 11.1 Å². The summed E-state index contributed by atoms with van der Waals surface area (Å²) >= 11 is 1.35. The number of rotatable bonds is 2. The van der Waals surface area contributed by atoms with Gasteiger partial charge < -0.3 is 5.11 Å². The monoisotopic (exact) mass is 184 g/mol. The number of carbonyl (C=O) groups is 1. The third-order valence-electron chi connectivity index (χ3n) is 1.79. The zero-order valence-electron chi connectivity index (χ0n) is 7.42. The largest absolute Gasteiger partial charge is 0.477 e. The molecule has 0 unspecified atom stereocenters. The van der Waals surface area contributed by atoms with Crippen LogP contribution in [0.3, 0.4) is 0 Å². The first-order chi connectivity index (χ1) is 5.52. The summed E-state index contributed by atoms with van der Waals surface area (Å²) in [6.07, 6.45) is 0. The van der Waals surface area contributed by atoms with Crippen molar-refractivity contribution in [1.29, 1.82) is 0 Å². The quantitative estimate of drug-likeness (QED) is 0.767. The second kappa shape index (κ2) is 3.27. The van der Waals surface area contributed by atoms with Crippen molar-refractivity contribution in [2.75, 3.05) is 0 Å². The van der Waals surface area contributed by atoms with Gasteiger partial charge in [0.15, 0.2) is 0 Å². The first-order valence-corrected chi connectivity index (χ1v) is 4.67. The third-order valence-corrected chi connectivity index (χ3v) is 2.84. The number of hydrogen-bond acceptors (Lipinski definition) is 2. The average Bonchev–Trinajstić information content (AvgIpc) is 2.30. The van der Waals surface area contributed by atoms with Crippen LogP contribution in [0.2, 0.25) is 0 Å². The van der Waals surface area contributed by atoms with Gasteiger partial charge in [0.2, 0.25) is 0 Å². The van der Waals surface area contributed by atoms with Gasteiger partial charge in [0.05, 0.1) is 0 Å². The molecule has 0 spiro atoms. The molecule has 12 heavy (non-hydrogen) atoms. The lowest BCUT2D eigenvalue weighted by atomic mass is 10.0. The van der Waals surface area contributed by atoms with Crippen LogP contribution in [-0.2, 0) is 0 Å². The minimum Gasteiger partial charge on any atom is -0.477 e. The molecule has 3 heteroatoms. The summed E-state index contributed by atoms with van der Waals surface area (Å²) in [6.45, 7) is 6.10. The summed E-state index contributed by atoms with van der Waals surface area (Å²) in [5.74, 6) is -0.413. The maximum Gasteiger partial charge on any atom is 0.345 e. The third kappa shape index (κ3) is 1.67. The van der Waals surface area contributed by atoms with E-state index in [4.69, 9.17) is 5.11 Å². The smallest absolute Gasteiger partial charge is 0.345 e. The molecule has 0 saturated heterocycles. The summed E-state index contributed by atoms with van der Waals surface area (Å²) < 4.78 is 0. The molecule has 0 fully saturated rings. The second-order valence-electron chi connectivity index (χ2n) is 3.08. The van der Waals surface area contributed by atoms with Gasteiger partial charge in [-0.1, -0.05) is 13.8 Å². The predicted octanol–water partition coefficient (Wildman–Crippen LogP) is 2.88. The summed E-state index contributed by atoms with van der Waals surface area (Å²) in [5.41, 5.74) is 1.15. The van der Waals surface area contributed by atoms with Crippen molar-refractivity contribution in [2.45, 2.75) is 26.7 Å². The van der Waals surface area contributed by atoms with E-state index >= 15 is 0 Å². The molecule has 0 amide bonds. The van der Waals surface area contributed by atoms with Crippen LogP contribution >= 0.6 is 11.3 Å². The standard InChI is InChI=1S/C9H12O2S/c1-5(2)7-4-8(9(10)11)12-6(7)3/h4-5H,1-3H3,(H,10,11). The van der Waals surface area contributed by atoms with Gasteiger partial charge in [0.1, 0.15) is 4.88 Å². The van der Waals surface area contributed by atoms with Crippen molar-refractivity contribution in [3.63, 3.8) is 0 Å². The number of carboxylic acid groups (broad SMARTS) is 1. The van der Waals surface area contributed by atoms with Crippen molar-refractivity contribution in [3.8, 4) is 0 Å². The highest BCUT2D eigenvalue weighted by atomic mass is 32.1. The summed E-state index contributed by atoms with van der Waals surface area (Å²) in [5, 5.41) is 8.71. The van der Waals surface area contributed by atoms with Crippen LogP contribution in [0.1, 0.15) is 39.9 Å². The Balaban J connectivity index is 3.09. The fourth-order valence-corrected chi connectivity index (χ4v) is 2.19. The summed E-state index contributed by atoms with van der Waals surface area (Å²) in [7, 11) is 0. The Kier molecular flexibility index (Phi) is 2.52. The number of carboxylic acids is 1. The number of hydrogen-bond donors (Lipinski definition) is 1. The van der Waals surface area contributed by atoms with Crippen molar-refractivity contribution in [3.05, 3.63) is 21.4 Å². The lowest BCUT2D eigenvalue weighted by Crippen LogP contribution is -1.91. The normalized spacial score (nSPS) is 10.7. The Bertz CT molecular complexity index is 299. The molecule has 1 aromatic rings. The average molecular weight is 184 g/mol. The van der Waals surface area contributed by atoms with Crippen molar-refractivity contribution in [2.24, 2.45) is 0 Å². The van der Waals surface area contributed by atoms with Gasteiger partial charge in [-0.15, -0.1) is 11.3 Å². The van der Waals surface area contributed by atoms with Gasteiger partial charge in [0.25, 0.3) is 0 Å². The van der Waals surface area contributed by atoms with Crippen LogP contribution < -0.4 is 0 Å². The summed E-state index contributed by atoms with van der Waals surface area (Å²) in [6, 6.07) is 1.77. The molecule has 0 aliphatic rings. The zero-order chi connectivity index (χ0) is 9.30. The Hall–Kier alpha value is -0.830. The minimum absolute atomic E-state index is 0.411. The Labute approximate surface area is 75.9 Å². The van der Waals surface area contributed by atoms with E-state index in [9.17, 15) is 4.79 Å². The predicted molar refractivity (Wildman–Crippen MR) is 50.1 cm³/mol. The van der Waals surface area contributed by atoms with E-state index in [1.807, 2.05) is 6.92 Å². The molecule has 2 nitrogen and oxygen atoms in total. The molecule has 1 heterocycles. The van der Waals surface area contributed by atoms with Crippen molar-refractivity contribution in [1.82, 2.24) is 0 Å². The van der Waals surface area contributed by atoms with Crippen LogP contribution in [0.15, 0.2) is 6.07 Å². The molecular formula is C9H12O2S. The van der Waals surface area contributed by atoms with Gasteiger partial charge in [-0.05, 0) is 24.5 Å². The van der Waals surface area contributed by atoms with Crippen LogP contribution in [0.4, 0.5) is 0 Å². The van der Waals surface area contributed by atoms with Crippen molar-refractivity contribution >= 4 is 17.3 Å². The molecule has 1 rings (SSSR count). The SMILES string of the molecule is Cc1sc(C(=O)O)cc1C(C)C. The molecular weight excluding hydrogens is 172 g/mol. The molecule has 0 aliphatic carbocycles. The molecule has 0 saturated carbocycles. The highest BCUT2D eigenvalue weighted by Crippen LogP contribution is 2.27. The first kappa shape index (κ1) is 9.26. The van der Waals surface area contributed by atoms with E-state index in [1.165, 1.54) is 11.3 Å². The zero-order valence-corrected chi connectivity index (χ0v) is 8.23. The molecule has 0 bridgehead atoms. The maximum absolute atomic E-state index is 10.6. The molecule has 1 aromatic heterocycles. The molecule has 0 aromatic carbocycles. The Morgan fingerprint density at radius 2 is 2.17 bits per heavy atom. The van der Waals surface area contributed by atoms with E-state index < -0.39 is 5.97 Å². The van der Waals surface area contributed by atoms with E-state index in [0.29, 0.717) is 10.8 Å². The minimum atomic E-state index is -0.824. The van der Waals surface area contributed by atoms with E-state index in [2.05, 4.69) is 13.8 Å². The second-order valence-corrected chi connectivity index (χ2v) is 4.34. The van der Waals surface area contributed by atoms with E-state index in [0.717, 1.165) is 10.4 Å². The van der Waals surface area contributed by atoms with Crippen LogP contribution in [0.5, 0.6) is 0 Å². The van der Waals surface area contributed by atoms with Crippen LogP contribution in [0, 0.1) is 6.92 Å². The molecule has 1 N–H and O–H groups in total.